The Labute approximate surface area is 127 Å². The summed E-state index contributed by atoms with van der Waals surface area (Å²) >= 11 is 7.14. The van der Waals surface area contributed by atoms with Gasteiger partial charge in [-0.25, -0.2) is 0 Å². The zero-order valence-electron chi connectivity index (χ0n) is 10.9. The summed E-state index contributed by atoms with van der Waals surface area (Å²) < 4.78 is 4.01. The summed E-state index contributed by atoms with van der Waals surface area (Å²) in [7, 11) is 0. The van der Waals surface area contributed by atoms with Crippen molar-refractivity contribution in [2.75, 3.05) is 11.9 Å². The molecule has 20 heavy (non-hydrogen) atoms. The first-order chi connectivity index (χ1) is 9.72. The number of nitrogens with zero attached hydrogens (tertiary/aromatic N) is 2. The molecular weight excluding hydrogens is 290 g/mol. The second kappa shape index (κ2) is 5.43. The predicted octanol–water partition coefficient (Wildman–Crippen LogP) is 4.10. The van der Waals surface area contributed by atoms with E-state index in [0.717, 1.165) is 18.0 Å². The van der Waals surface area contributed by atoms with Gasteiger partial charge in [-0.3, -0.25) is 0 Å². The molecule has 1 fully saturated rings. The number of nitriles is 1. The van der Waals surface area contributed by atoms with E-state index in [1.807, 2.05) is 6.07 Å². The highest BCUT2D eigenvalue weighted by Gasteiger charge is 2.42. The molecule has 0 radical (unpaired) electrons. The first-order valence-corrected chi connectivity index (χ1v) is 7.71. The van der Waals surface area contributed by atoms with Crippen LogP contribution >= 0.6 is 23.1 Å². The average molecular weight is 304 g/mol. The van der Waals surface area contributed by atoms with Crippen LogP contribution in [0.25, 0.3) is 0 Å². The van der Waals surface area contributed by atoms with Gasteiger partial charge < -0.3 is 5.32 Å². The molecule has 5 heteroatoms. The minimum Gasteiger partial charge on any atom is -0.374 e. The fraction of sp³-hybridized carbons (Fsp3) is 0.333. The summed E-state index contributed by atoms with van der Waals surface area (Å²) in [4.78, 5) is 0. The summed E-state index contributed by atoms with van der Waals surface area (Å²) in [6, 6.07) is 12.6. The third-order valence-corrected chi connectivity index (χ3v) is 4.94. The SMILES string of the molecule is N#Cc1c(Cl)nsc1NCC1(Cc2ccccc2)CC1. The topological polar surface area (TPSA) is 48.7 Å². The van der Waals surface area contributed by atoms with Gasteiger partial charge in [-0.15, -0.1) is 0 Å². The second-order valence-electron chi connectivity index (χ2n) is 5.31. The van der Waals surface area contributed by atoms with Crippen molar-refractivity contribution in [1.29, 1.82) is 5.26 Å². The number of nitrogens with one attached hydrogen (secondary N) is 1. The number of benzene rings is 1. The van der Waals surface area contributed by atoms with E-state index >= 15 is 0 Å². The van der Waals surface area contributed by atoms with Gasteiger partial charge in [0.05, 0.1) is 0 Å². The summed E-state index contributed by atoms with van der Waals surface area (Å²) in [6.07, 6.45) is 3.53. The van der Waals surface area contributed by atoms with Crippen LogP contribution in [-0.4, -0.2) is 10.9 Å². The van der Waals surface area contributed by atoms with Crippen molar-refractivity contribution in [2.24, 2.45) is 5.41 Å². The van der Waals surface area contributed by atoms with Gasteiger partial charge >= 0.3 is 0 Å². The maximum absolute atomic E-state index is 9.06. The van der Waals surface area contributed by atoms with Gasteiger partial charge in [0, 0.05) is 6.54 Å². The van der Waals surface area contributed by atoms with Crippen molar-refractivity contribution in [3.8, 4) is 6.07 Å². The average Bonchev–Trinajstić information content (AvgIpc) is 3.13. The Hall–Kier alpha value is -1.57. The van der Waals surface area contributed by atoms with Crippen LogP contribution in [-0.2, 0) is 6.42 Å². The highest BCUT2D eigenvalue weighted by Crippen LogP contribution is 2.48. The molecule has 0 saturated heterocycles. The largest absolute Gasteiger partial charge is 0.374 e. The van der Waals surface area contributed by atoms with Crippen LogP contribution in [0.3, 0.4) is 0 Å². The van der Waals surface area contributed by atoms with E-state index in [4.69, 9.17) is 16.9 Å². The fourth-order valence-corrected chi connectivity index (χ4v) is 3.31. The van der Waals surface area contributed by atoms with Crippen LogP contribution in [0.2, 0.25) is 5.15 Å². The summed E-state index contributed by atoms with van der Waals surface area (Å²) in [5.74, 6) is 0. The van der Waals surface area contributed by atoms with E-state index in [1.54, 1.807) is 0 Å². The first-order valence-electron chi connectivity index (χ1n) is 6.55. The maximum atomic E-state index is 9.06. The number of hydrogen-bond donors (Lipinski definition) is 1. The lowest BCUT2D eigenvalue weighted by Crippen LogP contribution is -2.17. The molecule has 1 N–H and O–H groups in total. The van der Waals surface area contributed by atoms with Crippen molar-refractivity contribution >= 4 is 28.1 Å². The molecule has 0 amide bonds. The van der Waals surface area contributed by atoms with E-state index in [9.17, 15) is 0 Å². The van der Waals surface area contributed by atoms with Gasteiger partial charge in [0.25, 0.3) is 0 Å². The first kappa shape index (κ1) is 13.4. The second-order valence-corrected chi connectivity index (χ2v) is 6.44. The molecule has 0 spiro atoms. The minimum absolute atomic E-state index is 0.299. The summed E-state index contributed by atoms with van der Waals surface area (Å²) in [5, 5.41) is 13.5. The number of rotatable bonds is 5. The van der Waals surface area contributed by atoms with Gasteiger partial charge in [0.1, 0.15) is 16.6 Å². The van der Waals surface area contributed by atoms with E-state index in [2.05, 4.69) is 40.0 Å². The maximum Gasteiger partial charge on any atom is 0.162 e. The van der Waals surface area contributed by atoms with Crippen LogP contribution in [0.15, 0.2) is 30.3 Å². The van der Waals surface area contributed by atoms with Gasteiger partial charge in [-0.2, -0.15) is 9.64 Å². The Balaban J connectivity index is 1.65. The lowest BCUT2D eigenvalue weighted by molar-refractivity contribution is 0.539. The van der Waals surface area contributed by atoms with E-state index < -0.39 is 0 Å². The molecule has 0 aliphatic heterocycles. The highest BCUT2D eigenvalue weighted by atomic mass is 35.5. The lowest BCUT2D eigenvalue weighted by Gasteiger charge is -2.16. The van der Waals surface area contributed by atoms with Gasteiger partial charge in [-0.05, 0) is 41.8 Å². The van der Waals surface area contributed by atoms with Crippen LogP contribution in [0.5, 0.6) is 0 Å². The Morgan fingerprint density at radius 3 is 2.75 bits per heavy atom. The molecule has 0 atom stereocenters. The minimum atomic E-state index is 0.299. The van der Waals surface area contributed by atoms with Gasteiger partial charge in [0.2, 0.25) is 0 Å². The molecule has 1 aliphatic carbocycles. The van der Waals surface area contributed by atoms with E-state index in [0.29, 0.717) is 16.1 Å². The monoisotopic (exact) mass is 303 g/mol. The van der Waals surface area contributed by atoms with Crippen molar-refractivity contribution in [3.63, 3.8) is 0 Å². The van der Waals surface area contributed by atoms with Crippen molar-refractivity contribution in [2.45, 2.75) is 19.3 Å². The standard InChI is InChI=1S/C15H14ClN3S/c16-13-12(9-17)14(20-19-13)18-10-15(6-7-15)8-11-4-2-1-3-5-11/h1-5,18H,6-8,10H2. The normalized spacial score (nSPS) is 15.6. The molecule has 3 rings (SSSR count). The molecule has 102 valence electrons. The highest BCUT2D eigenvalue weighted by molar-refractivity contribution is 7.10. The Bertz CT molecular complexity index is 641. The third kappa shape index (κ3) is 2.79. The Kier molecular flexibility index (Phi) is 3.64. The third-order valence-electron chi connectivity index (χ3n) is 3.77. The lowest BCUT2D eigenvalue weighted by atomic mass is 9.96. The Morgan fingerprint density at radius 2 is 2.10 bits per heavy atom. The summed E-state index contributed by atoms with van der Waals surface area (Å²) in [6.45, 7) is 0.870. The molecular formula is C15H14ClN3S. The van der Waals surface area contributed by atoms with Crippen molar-refractivity contribution in [1.82, 2.24) is 4.37 Å². The molecule has 1 saturated carbocycles. The molecule has 1 heterocycles. The molecule has 0 unspecified atom stereocenters. The van der Waals surface area contributed by atoms with E-state index in [-0.39, 0.29) is 0 Å². The molecule has 2 aromatic rings. The molecule has 1 aromatic heterocycles. The van der Waals surface area contributed by atoms with E-state index in [1.165, 1.54) is 29.9 Å². The molecule has 1 aromatic carbocycles. The predicted molar refractivity (Wildman–Crippen MR) is 82.1 cm³/mol. The zero-order chi connectivity index (χ0) is 14.0. The Morgan fingerprint density at radius 1 is 1.35 bits per heavy atom. The van der Waals surface area contributed by atoms with Gasteiger partial charge in [-0.1, -0.05) is 41.9 Å². The molecule has 0 bridgehead atoms. The number of anilines is 1. The van der Waals surface area contributed by atoms with Crippen LogP contribution < -0.4 is 5.32 Å². The number of aromatic nitrogens is 1. The summed E-state index contributed by atoms with van der Waals surface area (Å²) in [5.41, 5.74) is 2.16. The van der Waals surface area contributed by atoms with Crippen LogP contribution in [0.1, 0.15) is 24.0 Å². The van der Waals surface area contributed by atoms with Crippen molar-refractivity contribution < 1.29 is 0 Å². The smallest absolute Gasteiger partial charge is 0.162 e. The zero-order valence-corrected chi connectivity index (χ0v) is 12.5. The quantitative estimate of drug-likeness (QED) is 0.904. The molecule has 1 aliphatic rings. The van der Waals surface area contributed by atoms with Crippen LogP contribution in [0, 0.1) is 16.7 Å². The fourth-order valence-electron chi connectivity index (χ4n) is 2.38. The van der Waals surface area contributed by atoms with Crippen LogP contribution in [0.4, 0.5) is 5.00 Å². The van der Waals surface area contributed by atoms with Crippen molar-refractivity contribution in [3.05, 3.63) is 46.6 Å². The number of halogens is 1. The van der Waals surface area contributed by atoms with Gasteiger partial charge in [0.15, 0.2) is 5.15 Å². The number of hydrogen-bond acceptors (Lipinski definition) is 4. The molecule has 3 nitrogen and oxygen atoms in total.